The number of carbonyl (C=O) groups is 1. The van der Waals surface area contributed by atoms with Crippen LogP contribution in [-0.4, -0.2) is 18.9 Å². The molecule has 2 nitrogen and oxygen atoms in total. The van der Waals surface area contributed by atoms with E-state index in [-0.39, 0.29) is 18.2 Å². The second-order valence-electron chi connectivity index (χ2n) is 3.79. The van der Waals surface area contributed by atoms with Gasteiger partial charge in [0, 0.05) is 5.56 Å². The van der Waals surface area contributed by atoms with Gasteiger partial charge in [0.2, 0.25) is 0 Å². The number of hydrogen-bond donors (Lipinski definition) is 1. The Kier molecular flexibility index (Phi) is 4.30. The maximum Gasteiger partial charge on any atom is 0.159 e. The first-order chi connectivity index (χ1) is 6.77. The number of Topliss-reactive ketones (excluding diaryl/α,β-unsaturated/α-hetero) is 1. The summed E-state index contributed by atoms with van der Waals surface area (Å²) in [6.45, 7) is 3.69. The lowest BCUT2D eigenvalue weighted by Gasteiger charge is -2.06. The Labute approximate surface area is 96.5 Å². The standard InChI is InChI=1S/C12H15NO.ClH/c1-9(14)11-3-2-10-4-6-13-7-5-12(10)8-11;/h2-3,8,13H,4-7H2,1H3;1H. The van der Waals surface area contributed by atoms with Gasteiger partial charge in [-0.2, -0.15) is 0 Å². The zero-order valence-electron chi connectivity index (χ0n) is 8.88. The number of hydrogen-bond acceptors (Lipinski definition) is 2. The monoisotopic (exact) mass is 225 g/mol. The lowest BCUT2D eigenvalue weighted by molar-refractivity contribution is 0.101. The minimum Gasteiger partial charge on any atom is -0.316 e. The number of benzene rings is 1. The number of rotatable bonds is 1. The van der Waals surface area contributed by atoms with Crippen LogP contribution in [0.15, 0.2) is 18.2 Å². The third-order valence-electron chi connectivity index (χ3n) is 2.76. The van der Waals surface area contributed by atoms with Crippen molar-refractivity contribution in [3.05, 3.63) is 34.9 Å². The summed E-state index contributed by atoms with van der Waals surface area (Å²) in [6, 6.07) is 6.08. The lowest BCUT2D eigenvalue weighted by atomic mass is 9.99. The van der Waals surface area contributed by atoms with Crippen LogP contribution in [0, 0.1) is 0 Å². The van der Waals surface area contributed by atoms with E-state index in [1.165, 1.54) is 11.1 Å². The van der Waals surface area contributed by atoms with Gasteiger partial charge in [0.25, 0.3) is 0 Å². The predicted octanol–water partition coefficient (Wildman–Crippen LogP) is 2.00. The molecule has 0 saturated heterocycles. The van der Waals surface area contributed by atoms with Gasteiger partial charge >= 0.3 is 0 Å². The largest absolute Gasteiger partial charge is 0.316 e. The summed E-state index contributed by atoms with van der Waals surface area (Å²) in [7, 11) is 0. The molecule has 1 heterocycles. The van der Waals surface area contributed by atoms with Crippen LogP contribution in [0.5, 0.6) is 0 Å². The first-order valence-electron chi connectivity index (χ1n) is 5.11. The van der Waals surface area contributed by atoms with Crippen LogP contribution in [-0.2, 0) is 12.8 Å². The molecule has 0 fully saturated rings. The second-order valence-corrected chi connectivity index (χ2v) is 3.79. The number of halogens is 1. The minimum absolute atomic E-state index is 0. The van der Waals surface area contributed by atoms with Crippen molar-refractivity contribution < 1.29 is 4.79 Å². The Morgan fingerprint density at radius 1 is 1.20 bits per heavy atom. The molecule has 0 aromatic heterocycles. The van der Waals surface area contributed by atoms with Crippen molar-refractivity contribution in [1.82, 2.24) is 5.32 Å². The molecule has 15 heavy (non-hydrogen) atoms. The molecule has 0 radical (unpaired) electrons. The Morgan fingerprint density at radius 3 is 2.53 bits per heavy atom. The fraction of sp³-hybridized carbons (Fsp3) is 0.417. The van der Waals surface area contributed by atoms with E-state index >= 15 is 0 Å². The number of nitrogens with one attached hydrogen (secondary N) is 1. The smallest absolute Gasteiger partial charge is 0.159 e. The Hall–Kier alpha value is -0.860. The third kappa shape index (κ3) is 2.80. The van der Waals surface area contributed by atoms with Gasteiger partial charge in [0.05, 0.1) is 0 Å². The summed E-state index contributed by atoms with van der Waals surface area (Å²) in [5, 5.41) is 3.36. The molecule has 1 aliphatic rings. The normalized spacial score (nSPS) is 14.7. The van der Waals surface area contributed by atoms with E-state index in [9.17, 15) is 4.79 Å². The summed E-state index contributed by atoms with van der Waals surface area (Å²) in [4.78, 5) is 11.2. The van der Waals surface area contributed by atoms with Gasteiger partial charge in [-0.15, -0.1) is 12.4 Å². The minimum atomic E-state index is 0. The highest BCUT2D eigenvalue weighted by atomic mass is 35.5. The predicted molar refractivity (Wildman–Crippen MR) is 64.0 cm³/mol. The molecular formula is C12H16ClNO. The molecule has 1 aromatic carbocycles. The van der Waals surface area contributed by atoms with E-state index in [4.69, 9.17) is 0 Å². The Morgan fingerprint density at radius 2 is 1.87 bits per heavy atom. The maximum atomic E-state index is 11.2. The molecule has 1 aliphatic heterocycles. The number of fused-ring (bicyclic) bond motifs is 1. The number of carbonyl (C=O) groups excluding carboxylic acids is 1. The molecule has 0 amide bonds. The molecule has 2 rings (SSSR count). The van der Waals surface area contributed by atoms with Gasteiger partial charge in [0.1, 0.15) is 0 Å². The summed E-state index contributed by atoms with van der Waals surface area (Å²) >= 11 is 0. The van der Waals surface area contributed by atoms with Gasteiger partial charge in [-0.3, -0.25) is 4.79 Å². The average molecular weight is 226 g/mol. The zero-order valence-corrected chi connectivity index (χ0v) is 9.69. The van der Waals surface area contributed by atoms with Crippen molar-refractivity contribution in [2.75, 3.05) is 13.1 Å². The van der Waals surface area contributed by atoms with Crippen molar-refractivity contribution >= 4 is 18.2 Å². The van der Waals surface area contributed by atoms with Gasteiger partial charge in [-0.25, -0.2) is 0 Å². The van der Waals surface area contributed by atoms with E-state index in [0.29, 0.717) is 0 Å². The van der Waals surface area contributed by atoms with Gasteiger partial charge < -0.3 is 5.32 Å². The van der Waals surface area contributed by atoms with Gasteiger partial charge in [0.15, 0.2) is 5.78 Å². The Balaban J connectivity index is 0.00000112. The number of ketones is 1. The van der Waals surface area contributed by atoms with Gasteiger partial charge in [-0.05, 0) is 50.0 Å². The summed E-state index contributed by atoms with van der Waals surface area (Å²) in [5.74, 6) is 0.157. The zero-order chi connectivity index (χ0) is 9.97. The van der Waals surface area contributed by atoms with E-state index in [2.05, 4.69) is 11.4 Å². The molecule has 3 heteroatoms. The molecule has 1 N–H and O–H groups in total. The maximum absolute atomic E-state index is 11.2. The molecule has 1 aromatic rings. The lowest BCUT2D eigenvalue weighted by Crippen LogP contribution is -2.16. The molecule has 0 unspecified atom stereocenters. The summed E-state index contributed by atoms with van der Waals surface area (Å²) < 4.78 is 0. The van der Waals surface area contributed by atoms with Crippen LogP contribution in [0.2, 0.25) is 0 Å². The highest BCUT2D eigenvalue weighted by molar-refractivity contribution is 5.94. The first kappa shape index (κ1) is 12.2. The van der Waals surface area contributed by atoms with Crippen LogP contribution in [0.3, 0.4) is 0 Å². The van der Waals surface area contributed by atoms with Crippen molar-refractivity contribution in [1.29, 1.82) is 0 Å². The van der Waals surface area contributed by atoms with E-state index in [1.54, 1.807) is 6.92 Å². The second kappa shape index (κ2) is 5.29. The van der Waals surface area contributed by atoms with Crippen molar-refractivity contribution in [3.63, 3.8) is 0 Å². The summed E-state index contributed by atoms with van der Waals surface area (Å²) in [5.41, 5.74) is 3.56. The molecule has 0 spiro atoms. The average Bonchev–Trinajstić information content (AvgIpc) is 2.41. The quantitative estimate of drug-likeness (QED) is 0.741. The molecule has 0 atom stereocenters. The molecule has 0 aliphatic carbocycles. The van der Waals surface area contributed by atoms with Crippen LogP contribution in [0.25, 0.3) is 0 Å². The SMILES string of the molecule is CC(=O)c1ccc2c(c1)CCNCC2.Cl. The van der Waals surface area contributed by atoms with Crippen LogP contribution in [0.4, 0.5) is 0 Å². The van der Waals surface area contributed by atoms with Crippen molar-refractivity contribution in [2.24, 2.45) is 0 Å². The topological polar surface area (TPSA) is 29.1 Å². The van der Waals surface area contributed by atoms with E-state index in [1.807, 2.05) is 12.1 Å². The summed E-state index contributed by atoms with van der Waals surface area (Å²) in [6.07, 6.45) is 2.12. The first-order valence-corrected chi connectivity index (χ1v) is 5.11. The van der Waals surface area contributed by atoms with E-state index < -0.39 is 0 Å². The van der Waals surface area contributed by atoms with Crippen LogP contribution in [0.1, 0.15) is 28.4 Å². The van der Waals surface area contributed by atoms with Crippen molar-refractivity contribution in [2.45, 2.75) is 19.8 Å². The van der Waals surface area contributed by atoms with Crippen LogP contribution >= 0.6 is 12.4 Å². The fourth-order valence-electron chi connectivity index (χ4n) is 1.89. The van der Waals surface area contributed by atoms with Crippen molar-refractivity contribution in [3.8, 4) is 0 Å². The van der Waals surface area contributed by atoms with Gasteiger partial charge in [-0.1, -0.05) is 12.1 Å². The van der Waals surface area contributed by atoms with Crippen LogP contribution < -0.4 is 5.32 Å². The molecule has 0 bridgehead atoms. The highest BCUT2D eigenvalue weighted by Crippen LogP contribution is 2.15. The highest BCUT2D eigenvalue weighted by Gasteiger charge is 2.09. The Bertz CT molecular complexity index is 363. The molecular weight excluding hydrogens is 210 g/mol. The van der Waals surface area contributed by atoms with E-state index in [0.717, 1.165) is 31.5 Å². The molecule has 0 saturated carbocycles. The fourth-order valence-corrected chi connectivity index (χ4v) is 1.89. The molecule has 82 valence electrons. The third-order valence-corrected chi connectivity index (χ3v) is 2.76.